The molecule has 3 aromatic rings. The third-order valence-corrected chi connectivity index (χ3v) is 3.91. The van der Waals surface area contributed by atoms with Gasteiger partial charge in [0.1, 0.15) is 16.7 Å². The third kappa shape index (κ3) is 2.39. The van der Waals surface area contributed by atoms with Gasteiger partial charge in [0.05, 0.1) is 18.2 Å². The molecule has 0 aliphatic heterocycles. The van der Waals surface area contributed by atoms with E-state index in [1.54, 1.807) is 13.2 Å². The van der Waals surface area contributed by atoms with Crippen LogP contribution in [0.15, 0.2) is 34.2 Å². The van der Waals surface area contributed by atoms with Gasteiger partial charge >= 0.3 is 0 Å². The molecule has 5 nitrogen and oxygen atoms in total. The molecule has 104 valence electrons. The maximum atomic E-state index is 9.05. The van der Waals surface area contributed by atoms with Crippen molar-refractivity contribution in [3.63, 3.8) is 0 Å². The Bertz CT molecular complexity index is 830. The van der Waals surface area contributed by atoms with Crippen LogP contribution in [0.2, 0.25) is 0 Å². The van der Waals surface area contributed by atoms with Crippen LogP contribution in [0.1, 0.15) is 11.1 Å². The Morgan fingerprint density at radius 3 is 2.95 bits per heavy atom. The van der Waals surface area contributed by atoms with Crippen molar-refractivity contribution in [2.24, 2.45) is 0 Å². The highest BCUT2D eigenvalue weighted by Crippen LogP contribution is 2.32. The summed E-state index contributed by atoms with van der Waals surface area (Å²) in [4.78, 5) is 5.05. The molecule has 0 atom stereocenters. The van der Waals surface area contributed by atoms with Crippen LogP contribution in [0.4, 0.5) is 0 Å². The summed E-state index contributed by atoms with van der Waals surface area (Å²) in [5.41, 5.74) is 2.38. The lowest BCUT2D eigenvalue weighted by Crippen LogP contribution is -1.90. The van der Waals surface area contributed by atoms with Crippen molar-refractivity contribution in [1.29, 1.82) is 5.26 Å². The molecule has 0 bridgehead atoms. The Kier molecular flexibility index (Phi) is 3.42. The van der Waals surface area contributed by atoms with E-state index in [4.69, 9.17) is 14.5 Å². The first-order chi connectivity index (χ1) is 10.2. The van der Waals surface area contributed by atoms with Crippen molar-refractivity contribution in [1.82, 2.24) is 10.1 Å². The van der Waals surface area contributed by atoms with E-state index in [-0.39, 0.29) is 0 Å². The van der Waals surface area contributed by atoms with Gasteiger partial charge in [0.2, 0.25) is 5.82 Å². The number of methoxy groups -OCH3 is 1. The molecular weight excluding hydrogens is 286 g/mol. The maximum Gasteiger partial charge on any atom is 0.269 e. The molecule has 0 aliphatic carbocycles. The number of aryl methyl sites for hydroxylation is 1. The zero-order chi connectivity index (χ0) is 14.8. The first kappa shape index (κ1) is 13.3. The molecule has 0 radical (unpaired) electrons. The van der Waals surface area contributed by atoms with Crippen LogP contribution >= 0.6 is 11.3 Å². The van der Waals surface area contributed by atoms with Crippen LogP contribution < -0.4 is 4.74 Å². The summed E-state index contributed by atoms with van der Waals surface area (Å²) in [5, 5.41) is 14.9. The summed E-state index contributed by atoms with van der Waals surface area (Å²) in [6.07, 6.45) is 0. The van der Waals surface area contributed by atoms with Gasteiger partial charge in [-0.25, -0.2) is 0 Å². The van der Waals surface area contributed by atoms with Gasteiger partial charge in [-0.2, -0.15) is 10.2 Å². The van der Waals surface area contributed by atoms with E-state index in [9.17, 15) is 0 Å². The minimum absolute atomic E-state index is 0.346. The minimum atomic E-state index is 0.346. The van der Waals surface area contributed by atoms with Crippen molar-refractivity contribution < 1.29 is 9.26 Å². The van der Waals surface area contributed by atoms with E-state index in [2.05, 4.69) is 16.2 Å². The van der Waals surface area contributed by atoms with Crippen molar-refractivity contribution in [2.75, 3.05) is 7.11 Å². The van der Waals surface area contributed by atoms with Crippen molar-refractivity contribution in [2.45, 2.75) is 6.92 Å². The zero-order valence-corrected chi connectivity index (χ0v) is 12.3. The Hall–Kier alpha value is -2.65. The molecule has 3 rings (SSSR count). The normalized spacial score (nSPS) is 10.3. The average Bonchev–Trinajstić information content (AvgIpc) is 3.15. The lowest BCUT2D eigenvalue weighted by atomic mass is 10.1. The van der Waals surface area contributed by atoms with E-state index in [0.717, 1.165) is 11.1 Å². The van der Waals surface area contributed by atoms with Crippen LogP contribution in [-0.4, -0.2) is 17.3 Å². The summed E-state index contributed by atoms with van der Waals surface area (Å²) in [5.74, 6) is 1.48. The quantitative estimate of drug-likeness (QED) is 0.737. The van der Waals surface area contributed by atoms with E-state index >= 15 is 0 Å². The number of aromatic nitrogens is 2. The molecule has 0 saturated carbocycles. The van der Waals surface area contributed by atoms with Crippen LogP contribution in [0.25, 0.3) is 22.2 Å². The fourth-order valence-corrected chi connectivity index (χ4v) is 2.74. The molecule has 0 saturated heterocycles. The summed E-state index contributed by atoms with van der Waals surface area (Å²) in [6.45, 7) is 1.98. The third-order valence-electron chi connectivity index (χ3n) is 3.00. The summed E-state index contributed by atoms with van der Waals surface area (Å²) in [6, 6.07) is 9.61. The second kappa shape index (κ2) is 5.38. The van der Waals surface area contributed by atoms with Gasteiger partial charge in [-0.1, -0.05) is 11.2 Å². The van der Waals surface area contributed by atoms with Crippen LogP contribution in [0.5, 0.6) is 5.75 Å². The number of benzene rings is 1. The van der Waals surface area contributed by atoms with Gasteiger partial charge in [0.15, 0.2) is 0 Å². The largest absolute Gasteiger partial charge is 0.496 e. The standard InChI is InChI=1S/C15H11N3O2S/c1-9-3-4-11(12(7-9)19-2)14-17-15(20-18-14)13-10(8-16)5-6-21-13/h3-7H,1-2H3. The highest BCUT2D eigenvalue weighted by molar-refractivity contribution is 7.13. The lowest BCUT2D eigenvalue weighted by Gasteiger charge is -2.05. The molecular formula is C15H11N3O2S. The first-order valence-corrected chi connectivity index (χ1v) is 7.07. The molecule has 0 N–H and O–H groups in total. The number of nitriles is 1. The molecule has 21 heavy (non-hydrogen) atoms. The summed E-state index contributed by atoms with van der Waals surface area (Å²) in [7, 11) is 1.60. The van der Waals surface area contributed by atoms with E-state index in [1.165, 1.54) is 11.3 Å². The number of ether oxygens (including phenoxy) is 1. The van der Waals surface area contributed by atoms with Crippen molar-refractivity contribution in [3.05, 3.63) is 40.8 Å². The Balaban J connectivity index is 2.05. The topological polar surface area (TPSA) is 71.9 Å². The molecule has 0 unspecified atom stereocenters. The molecule has 0 aliphatic rings. The van der Waals surface area contributed by atoms with Crippen LogP contribution in [0, 0.1) is 18.3 Å². The second-order valence-electron chi connectivity index (χ2n) is 4.40. The number of thiophene rings is 1. The molecule has 2 aromatic heterocycles. The fourth-order valence-electron chi connectivity index (χ4n) is 1.97. The van der Waals surface area contributed by atoms with Gasteiger partial charge in [0, 0.05) is 0 Å². The second-order valence-corrected chi connectivity index (χ2v) is 5.32. The molecule has 0 spiro atoms. The predicted molar refractivity (Wildman–Crippen MR) is 79.1 cm³/mol. The summed E-state index contributed by atoms with van der Waals surface area (Å²) < 4.78 is 10.6. The van der Waals surface area contributed by atoms with Gasteiger partial charge in [0.25, 0.3) is 5.89 Å². The first-order valence-electron chi connectivity index (χ1n) is 6.19. The monoisotopic (exact) mass is 297 g/mol. The van der Waals surface area contributed by atoms with Gasteiger partial charge in [-0.05, 0) is 36.1 Å². The molecule has 6 heteroatoms. The van der Waals surface area contributed by atoms with E-state index in [0.29, 0.717) is 27.9 Å². The van der Waals surface area contributed by atoms with Crippen LogP contribution in [0.3, 0.4) is 0 Å². The van der Waals surface area contributed by atoms with Gasteiger partial charge < -0.3 is 9.26 Å². The maximum absolute atomic E-state index is 9.05. The fraction of sp³-hybridized carbons (Fsp3) is 0.133. The lowest BCUT2D eigenvalue weighted by molar-refractivity contribution is 0.413. The summed E-state index contributed by atoms with van der Waals surface area (Å²) >= 11 is 1.40. The molecule has 0 fully saturated rings. The SMILES string of the molecule is COc1cc(C)ccc1-c1noc(-c2sccc2C#N)n1. The Morgan fingerprint density at radius 1 is 1.33 bits per heavy atom. The highest BCUT2D eigenvalue weighted by atomic mass is 32.1. The number of hydrogen-bond acceptors (Lipinski definition) is 6. The zero-order valence-electron chi connectivity index (χ0n) is 11.5. The number of rotatable bonds is 3. The number of nitrogens with zero attached hydrogens (tertiary/aromatic N) is 3. The molecule has 2 heterocycles. The van der Waals surface area contributed by atoms with E-state index < -0.39 is 0 Å². The Labute approximate surface area is 125 Å². The molecule has 1 aromatic carbocycles. The van der Waals surface area contributed by atoms with Gasteiger partial charge in [-0.3, -0.25) is 0 Å². The average molecular weight is 297 g/mol. The van der Waals surface area contributed by atoms with Crippen LogP contribution in [-0.2, 0) is 0 Å². The van der Waals surface area contributed by atoms with Crippen molar-refractivity contribution >= 4 is 11.3 Å². The van der Waals surface area contributed by atoms with E-state index in [1.807, 2.05) is 30.5 Å². The Morgan fingerprint density at radius 2 is 2.19 bits per heavy atom. The predicted octanol–water partition coefficient (Wildman–Crippen LogP) is 3.65. The van der Waals surface area contributed by atoms with Gasteiger partial charge in [-0.15, -0.1) is 11.3 Å². The minimum Gasteiger partial charge on any atom is -0.496 e. The van der Waals surface area contributed by atoms with Crippen molar-refractivity contribution in [3.8, 4) is 34.0 Å². The molecule has 0 amide bonds. The smallest absolute Gasteiger partial charge is 0.269 e. The highest BCUT2D eigenvalue weighted by Gasteiger charge is 2.17. The number of hydrogen-bond donors (Lipinski definition) is 0.